The number of hydrogen-bond donors (Lipinski definition) is 0. The number of hydrogen-bond acceptors (Lipinski definition) is 5. The predicted molar refractivity (Wildman–Crippen MR) is 126 cm³/mol. The zero-order valence-electron chi connectivity index (χ0n) is 17.7. The molecule has 0 atom stereocenters. The summed E-state index contributed by atoms with van der Waals surface area (Å²) >= 11 is 7.80. The second-order valence-electron chi connectivity index (χ2n) is 7.43. The normalized spacial score (nSPS) is 11.2. The monoisotopic (exact) mass is 445 g/mol. The van der Waals surface area contributed by atoms with E-state index in [4.69, 9.17) is 16.3 Å². The highest BCUT2D eigenvalue weighted by Gasteiger charge is 2.22. The molecule has 0 aliphatic rings. The van der Waals surface area contributed by atoms with Crippen LogP contribution in [0.4, 0.5) is 5.13 Å². The van der Waals surface area contributed by atoms with Gasteiger partial charge in [-0.2, -0.15) is 0 Å². The molecule has 0 spiro atoms. The maximum Gasteiger partial charge on any atom is 0.260 e. The number of benzene rings is 2. The minimum absolute atomic E-state index is 0.0788. The summed E-state index contributed by atoms with van der Waals surface area (Å²) in [5.74, 6) is 0.639. The van der Waals surface area contributed by atoms with Crippen LogP contribution < -0.4 is 9.64 Å². The molecule has 3 rings (SSSR count). The summed E-state index contributed by atoms with van der Waals surface area (Å²) in [5.41, 5.74) is 1.33. The molecular weight excluding hydrogens is 418 g/mol. The first-order chi connectivity index (χ1) is 14.5. The van der Waals surface area contributed by atoms with E-state index in [0.29, 0.717) is 28.9 Å². The number of ether oxygens (including phenoxy) is 1. The average Bonchev–Trinajstić information content (AvgIpc) is 3.16. The summed E-state index contributed by atoms with van der Waals surface area (Å²) in [7, 11) is 4.06. The SMILES string of the molecule is CCCCOc1cccc(C(=O)N(CCCN(C)C)c2nc3c(Cl)cccc3s2)c1. The van der Waals surface area contributed by atoms with Crippen LogP contribution >= 0.6 is 22.9 Å². The lowest BCUT2D eigenvalue weighted by molar-refractivity contribution is 0.0985. The molecule has 0 saturated heterocycles. The van der Waals surface area contributed by atoms with Crippen LogP contribution in [-0.2, 0) is 0 Å². The highest BCUT2D eigenvalue weighted by atomic mass is 35.5. The van der Waals surface area contributed by atoms with Gasteiger partial charge in [0.05, 0.1) is 16.3 Å². The van der Waals surface area contributed by atoms with E-state index in [9.17, 15) is 4.79 Å². The Morgan fingerprint density at radius 3 is 2.67 bits per heavy atom. The van der Waals surface area contributed by atoms with Gasteiger partial charge in [0, 0.05) is 12.1 Å². The van der Waals surface area contributed by atoms with Gasteiger partial charge in [-0.1, -0.05) is 48.4 Å². The largest absolute Gasteiger partial charge is 0.494 e. The van der Waals surface area contributed by atoms with Crippen LogP contribution in [0.1, 0.15) is 36.5 Å². The number of halogens is 1. The molecule has 0 unspecified atom stereocenters. The Morgan fingerprint density at radius 1 is 1.13 bits per heavy atom. The van der Waals surface area contributed by atoms with Crippen molar-refractivity contribution in [2.45, 2.75) is 26.2 Å². The Morgan fingerprint density at radius 2 is 1.93 bits per heavy atom. The standard InChI is InChI=1S/C23H28ClN3O2S/c1-4-5-15-29-18-10-6-9-17(16-18)22(28)27(14-8-13-26(2)3)23-25-21-19(24)11-7-12-20(21)30-23/h6-7,9-12,16H,4-5,8,13-15H2,1-3H3. The number of aromatic nitrogens is 1. The summed E-state index contributed by atoms with van der Waals surface area (Å²) in [6, 6.07) is 13.1. The Kier molecular flexibility index (Phi) is 8.08. The minimum atomic E-state index is -0.0788. The molecule has 0 saturated carbocycles. The molecule has 1 amide bonds. The molecule has 3 aromatic rings. The molecule has 160 valence electrons. The van der Waals surface area contributed by atoms with Crippen LogP contribution in [0.5, 0.6) is 5.75 Å². The molecule has 0 radical (unpaired) electrons. The minimum Gasteiger partial charge on any atom is -0.494 e. The third-order valence-electron chi connectivity index (χ3n) is 4.67. The summed E-state index contributed by atoms with van der Waals surface area (Å²) in [5, 5.41) is 1.26. The van der Waals surface area contributed by atoms with Crippen LogP contribution in [0.25, 0.3) is 10.2 Å². The predicted octanol–water partition coefficient (Wildman–Crippen LogP) is 5.73. The van der Waals surface area contributed by atoms with Gasteiger partial charge in [0.15, 0.2) is 5.13 Å². The van der Waals surface area contributed by atoms with E-state index in [1.165, 1.54) is 11.3 Å². The molecule has 0 bridgehead atoms. The van der Waals surface area contributed by atoms with Gasteiger partial charge in [0.2, 0.25) is 0 Å². The van der Waals surface area contributed by atoms with Crippen molar-refractivity contribution in [3.05, 3.63) is 53.1 Å². The van der Waals surface area contributed by atoms with Gasteiger partial charge >= 0.3 is 0 Å². The number of thiazole rings is 1. The average molecular weight is 446 g/mol. The van der Waals surface area contributed by atoms with Gasteiger partial charge in [-0.3, -0.25) is 9.69 Å². The Bertz CT molecular complexity index is 989. The summed E-state index contributed by atoms with van der Waals surface area (Å²) in [6.45, 7) is 4.24. The van der Waals surface area contributed by atoms with Crippen molar-refractivity contribution < 1.29 is 9.53 Å². The first kappa shape index (κ1) is 22.5. The van der Waals surface area contributed by atoms with Crippen molar-refractivity contribution in [1.29, 1.82) is 0 Å². The van der Waals surface area contributed by atoms with Crippen LogP contribution in [0.3, 0.4) is 0 Å². The van der Waals surface area contributed by atoms with Gasteiger partial charge in [-0.05, 0) is 63.8 Å². The molecule has 1 heterocycles. The van der Waals surface area contributed by atoms with Crippen LogP contribution in [0, 0.1) is 0 Å². The highest BCUT2D eigenvalue weighted by molar-refractivity contribution is 7.22. The van der Waals surface area contributed by atoms with Crippen LogP contribution in [0.15, 0.2) is 42.5 Å². The topological polar surface area (TPSA) is 45.7 Å². The summed E-state index contributed by atoms with van der Waals surface area (Å²) in [4.78, 5) is 22.0. The van der Waals surface area contributed by atoms with Crippen molar-refractivity contribution in [2.24, 2.45) is 0 Å². The Labute approximate surface area is 187 Å². The van der Waals surface area contributed by atoms with Gasteiger partial charge in [-0.25, -0.2) is 4.98 Å². The van der Waals surface area contributed by atoms with Crippen LogP contribution in [0.2, 0.25) is 5.02 Å². The van der Waals surface area contributed by atoms with Gasteiger partial charge < -0.3 is 9.64 Å². The highest BCUT2D eigenvalue weighted by Crippen LogP contribution is 2.33. The fourth-order valence-electron chi connectivity index (χ4n) is 3.06. The first-order valence-corrected chi connectivity index (χ1v) is 11.4. The van der Waals surface area contributed by atoms with E-state index in [0.717, 1.165) is 41.8 Å². The molecule has 0 N–H and O–H groups in total. The van der Waals surface area contributed by atoms with Gasteiger partial charge in [0.25, 0.3) is 5.91 Å². The number of rotatable bonds is 10. The maximum absolute atomic E-state index is 13.5. The summed E-state index contributed by atoms with van der Waals surface area (Å²) < 4.78 is 6.76. The van der Waals surface area contributed by atoms with E-state index in [1.54, 1.807) is 4.90 Å². The molecule has 30 heavy (non-hydrogen) atoms. The zero-order chi connectivity index (χ0) is 21.5. The van der Waals surface area contributed by atoms with E-state index in [2.05, 4.69) is 16.8 Å². The number of nitrogens with zero attached hydrogens (tertiary/aromatic N) is 3. The zero-order valence-corrected chi connectivity index (χ0v) is 19.3. The molecule has 0 fully saturated rings. The fraction of sp³-hybridized carbons (Fsp3) is 0.391. The van der Waals surface area contributed by atoms with Crippen molar-refractivity contribution in [3.8, 4) is 5.75 Å². The number of fused-ring (bicyclic) bond motifs is 1. The maximum atomic E-state index is 13.5. The van der Waals surface area contributed by atoms with Crippen LogP contribution in [-0.4, -0.2) is 49.6 Å². The van der Waals surface area contributed by atoms with Crippen molar-refractivity contribution in [1.82, 2.24) is 9.88 Å². The lowest BCUT2D eigenvalue weighted by atomic mass is 10.2. The number of amides is 1. The first-order valence-electron chi connectivity index (χ1n) is 10.2. The quantitative estimate of drug-likeness (QED) is 0.374. The molecule has 0 aliphatic carbocycles. The molecule has 7 heteroatoms. The van der Waals surface area contributed by atoms with Crippen molar-refractivity contribution >= 4 is 44.2 Å². The third-order valence-corrected chi connectivity index (χ3v) is 6.02. The number of carbonyl (C=O) groups excluding carboxylic acids is 1. The number of anilines is 1. The molecule has 1 aromatic heterocycles. The summed E-state index contributed by atoms with van der Waals surface area (Å²) in [6.07, 6.45) is 2.90. The second kappa shape index (κ2) is 10.8. The van der Waals surface area contributed by atoms with Crippen molar-refractivity contribution in [2.75, 3.05) is 38.7 Å². The molecule has 2 aromatic carbocycles. The molecule has 5 nitrogen and oxygen atoms in total. The van der Waals surface area contributed by atoms with E-state index >= 15 is 0 Å². The van der Waals surface area contributed by atoms with Gasteiger partial charge in [-0.15, -0.1) is 0 Å². The van der Waals surface area contributed by atoms with Crippen molar-refractivity contribution in [3.63, 3.8) is 0 Å². The van der Waals surface area contributed by atoms with E-state index < -0.39 is 0 Å². The molecule has 0 aliphatic heterocycles. The Hall–Kier alpha value is -2.15. The number of unbranched alkanes of at least 4 members (excludes halogenated alkanes) is 1. The second-order valence-corrected chi connectivity index (χ2v) is 8.84. The fourth-order valence-corrected chi connectivity index (χ4v) is 4.35. The van der Waals surface area contributed by atoms with E-state index in [-0.39, 0.29) is 5.91 Å². The number of para-hydroxylation sites is 1. The number of carbonyl (C=O) groups is 1. The smallest absolute Gasteiger partial charge is 0.260 e. The van der Waals surface area contributed by atoms with E-state index in [1.807, 2.05) is 56.6 Å². The van der Waals surface area contributed by atoms with Gasteiger partial charge in [0.1, 0.15) is 11.3 Å². The molecular formula is C23H28ClN3O2S. The third kappa shape index (κ3) is 5.72. The Balaban J connectivity index is 1.88. The lowest BCUT2D eigenvalue weighted by Gasteiger charge is -2.21. The lowest BCUT2D eigenvalue weighted by Crippen LogP contribution is -2.33.